The van der Waals surface area contributed by atoms with E-state index in [9.17, 15) is 4.79 Å². The minimum atomic E-state index is -0.696. The summed E-state index contributed by atoms with van der Waals surface area (Å²) in [5, 5.41) is 8.46. The van der Waals surface area contributed by atoms with Crippen LogP contribution in [0.2, 0.25) is 0 Å². The predicted octanol–water partition coefficient (Wildman–Crippen LogP) is 5.10. The maximum Gasteiger partial charge on any atom is 0.303 e. The average molecular weight is 252 g/mol. The zero-order valence-electron chi connectivity index (χ0n) is 11.7. The van der Waals surface area contributed by atoms with Crippen LogP contribution in [0.1, 0.15) is 71.1 Å². The van der Waals surface area contributed by atoms with Gasteiger partial charge in [0.05, 0.1) is 0 Å². The van der Waals surface area contributed by atoms with Crippen molar-refractivity contribution < 1.29 is 9.90 Å². The van der Waals surface area contributed by atoms with Gasteiger partial charge in [-0.3, -0.25) is 4.79 Å². The van der Waals surface area contributed by atoms with Gasteiger partial charge in [-0.25, -0.2) is 0 Å². The first kappa shape index (κ1) is 16.9. The van der Waals surface area contributed by atoms with E-state index in [4.69, 9.17) is 5.11 Å². The molecule has 0 saturated carbocycles. The van der Waals surface area contributed by atoms with E-state index in [2.05, 4.69) is 31.2 Å². The molecular formula is C16H28O2. The second kappa shape index (κ2) is 14.0. The summed E-state index contributed by atoms with van der Waals surface area (Å²) < 4.78 is 0. The Kier molecular flexibility index (Phi) is 13.2. The molecule has 0 unspecified atom stereocenters. The third-order valence-electron chi connectivity index (χ3n) is 2.81. The third-order valence-corrected chi connectivity index (χ3v) is 2.81. The van der Waals surface area contributed by atoms with Crippen LogP contribution < -0.4 is 0 Å². The van der Waals surface area contributed by atoms with Crippen molar-refractivity contribution in [3.63, 3.8) is 0 Å². The molecule has 0 aromatic rings. The van der Waals surface area contributed by atoms with Crippen molar-refractivity contribution in [2.75, 3.05) is 0 Å². The van der Waals surface area contributed by atoms with Crippen molar-refractivity contribution in [2.45, 2.75) is 71.1 Å². The lowest BCUT2D eigenvalue weighted by atomic mass is 10.1. The number of carbonyl (C=O) groups is 1. The summed E-state index contributed by atoms with van der Waals surface area (Å²) >= 11 is 0. The Morgan fingerprint density at radius 2 is 1.28 bits per heavy atom. The van der Waals surface area contributed by atoms with E-state index in [1.165, 1.54) is 38.5 Å². The Morgan fingerprint density at radius 3 is 1.72 bits per heavy atom. The lowest BCUT2D eigenvalue weighted by molar-refractivity contribution is -0.137. The van der Waals surface area contributed by atoms with Crippen LogP contribution in [0.5, 0.6) is 0 Å². The van der Waals surface area contributed by atoms with Crippen LogP contribution in [0, 0.1) is 0 Å². The molecule has 2 nitrogen and oxygen atoms in total. The fraction of sp³-hybridized carbons (Fsp3) is 0.688. The van der Waals surface area contributed by atoms with E-state index < -0.39 is 5.97 Å². The highest BCUT2D eigenvalue weighted by atomic mass is 16.4. The molecule has 0 bridgehead atoms. The molecule has 0 aliphatic rings. The van der Waals surface area contributed by atoms with Crippen molar-refractivity contribution in [1.82, 2.24) is 0 Å². The van der Waals surface area contributed by atoms with Crippen LogP contribution in [0.4, 0.5) is 0 Å². The van der Waals surface area contributed by atoms with Crippen LogP contribution >= 0.6 is 0 Å². The smallest absolute Gasteiger partial charge is 0.303 e. The van der Waals surface area contributed by atoms with E-state index in [0.717, 1.165) is 19.3 Å². The molecule has 1 N–H and O–H groups in total. The lowest BCUT2D eigenvalue weighted by Crippen LogP contribution is -1.92. The van der Waals surface area contributed by atoms with E-state index in [1.807, 2.05) is 0 Å². The summed E-state index contributed by atoms with van der Waals surface area (Å²) in [6.45, 7) is 2.22. The molecule has 2 heteroatoms. The Bertz CT molecular complexity index is 241. The van der Waals surface area contributed by atoms with Gasteiger partial charge in [0.2, 0.25) is 0 Å². The Balaban J connectivity index is 3.17. The van der Waals surface area contributed by atoms with Gasteiger partial charge in [0, 0.05) is 6.42 Å². The molecule has 0 aromatic heterocycles. The van der Waals surface area contributed by atoms with Gasteiger partial charge < -0.3 is 5.11 Å². The first-order valence-electron chi connectivity index (χ1n) is 7.29. The van der Waals surface area contributed by atoms with Crippen molar-refractivity contribution in [2.24, 2.45) is 0 Å². The van der Waals surface area contributed by atoms with Gasteiger partial charge >= 0.3 is 5.97 Å². The van der Waals surface area contributed by atoms with Crippen LogP contribution in [0.15, 0.2) is 24.3 Å². The summed E-state index contributed by atoms with van der Waals surface area (Å²) in [4.78, 5) is 10.3. The molecule has 0 spiro atoms. The topological polar surface area (TPSA) is 37.3 Å². The van der Waals surface area contributed by atoms with Crippen LogP contribution in [0.25, 0.3) is 0 Å². The number of hydrogen-bond donors (Lipinski definition) is 1. The zero-order valence-corrected chi connectivity index (χ0v) is 11.7. The largest absolute Gasteiger partial charge is 0.481 e. The normalized spacial score (nSPS) is 11.6. The Labute approximate surface area is 112 Å². The molecule has 0 radical (unpaired) electrons. The van der Waals surface area contributed by atoms with Crippen molar-refractivity contribution >= 4 is 5.97 Å². The van der Waals surface area contributed by atoms with Crippen LogP contribution in [0.3, 0.4) is 0 Å². The molecule has 0 fully saturated rings. The summed E-state index contributed by atoms with van der Waals surface area (Å²) in [5.41, 5.74) is 0. The number of unbranched alkanes of at least 4 members (excludes halogenated alkanes) is 6. The summed E-state index contributed by atoms with van der Waals surface area (Å²) in [5.74, 6) is -0.696. The number of carboxylic acid groups (broad SMARTS) is 1. The van der Waals surface area contributed by atoms with Crippen LogP contribution in [-0.4, -0.2) is 11.1 Å². The average Bonchev–Trinajstić information content (AvgIpc) is 2.34. The summed E-state index contributed by atoms with van der Waals surface area (Å²) in [6, 6.07) is 0. The second-order valence-corrected chi connectivity index (χ2v) is 4.66. The predicted molar refractivity (Wildman–Crippen MR) is 77.8 cm³/mol. The van der Waals surface area contributed by atoms with E-state index in [0.29, 0.717) is 0 Å². The number of aliphatic carboxylic acids is 1. The van der Waals surface area contributed by atoms with Crippen LogP contribution in [-0.2, 0) is 4.79 Å². The molecule has 0 aliphatic heterocycles. The Morgan fingerprint density at radius 1 is 0.833 bits per heavy atom. The molecule has 0 saturated heterocycles. The fourth-order valence-corrected chi connectivity index (χ4v) is 1.69. The maximum absolute atomic E-state index is 10.3. The van der Waals surface area contributed by atoms with Gasteiger partial charge in [-0.2, -0.15) is 0 Å². The van der Waals surface area contributed by atoms with Gasteiger partial charge in [-0.05, 0) is 44.9 Å². The van der Waals surface area contributed by atoms with Gasteiger partial charge in [-0.1, -0.05) is 44.1 Å². The van der Waals surface area contributed by atoms with Gasteiger partial charge in [0.15, 0.2) is 0 Å². The number of allylic oxidation sites excluding steroid dienone is 4. The van der Waals surface area contributed by atoms with E-state index in [1.54, 1.807) is 0 Å². The molecule has 104 valence electrons. The van der Waals surface area contributed by atoms with E-state index in [-0.39, 0.29) is 6.42 Å². The minimum absolute atomic E-state index is 0.285. The first-order chi connectivity index (χ1) is 8.77. The molecule has 0 aromatic carbocycles. The molecule has 0 rings (SSSR count). The SMILES string of the molecule is CCCCC=CCCCCC=CCCCC(=O)O. The van der Waals surface area contributed by atoms with Gasteiger partial charge in [0.25, 0.3) is 0 Å². The van der Waals surface area contributed by atoms with Gasteiger partial charge in [-0.15, -0.1) is 0 Å². The molecule has 18 heavy (non-hydrogen) atoms. The van der Waals surface area contributed by atoms with Gasteiger partial charge in [0.1, 0.15) is 0 Å². The molecular weight excluding hydrogens is 224 g/mol. The monoisotopic (exact) mass is 252 g/mol. The highest BCUT2D eigenvalue weighted by molar-refractivity contribution is 5.66. The molecule has 0 atom stereocenters. The van der Waals surface area contributed by atoms with Crippen molar-refractivity contribution in [1.29, 1.82) is 0 Å². The molecule has 0 heterocycles. The van der Waals surface area contributed by atoms with Crippen molar-refractivity contribution in [3.8, 4) is 0 Å². The minimum Gasteiger partial charge on any atom is -0.481 e. The standard InChI is InChI=1S/C16H28O2/c1-2-3-4-5-6-7-8-9-10-11-12-13-14-15-16(17)18/h5-6,11-12H,2-4,7-10,13-15H2,1H3,(H,17,18). The number of hydrogen-bond acceptors (Lipinski definition) is 1. The zero-order chi connectivity index (χ0) is 13.5. The highest BCUT2D eigenvalue weighted by Gasteiger charge is 1.93. The van der Waals surface area contributed by atoms with E-state index >= 15 is 0 Å². The Hall–Kier alpha value is -1.05. The van der Waals surface area contributed by atoms with Crippen molar-refractivity contribution in [3.05, 3.63) is 24.3 Å². The number of carboxylic acids is 1. The molecule has 0 aliphatic carbocycles. The fourth-order valence-electron chi connectivity index (χ4n) is 1.69. The summed E-state index contributed by atoms with van der Waals surface area (Å²) in [7, 11) is 0. The molecule has 0 amide bonds. The lowest BCUT2D eigenvalue weighted by Gasteiger charge is -1.94. The quantitative estimate of drug-likeness (QED) is 0.387. The number of rotatable bonds is 12. The first-order valence-corrected chi connectivity index (χ1v) is 7.29. The highest BCUT2D eigenvalue weighted by Crippen LogP contribution is 2.04. The summed E-state index contributed by atoms with van der Waals surface area (Å²) in [6.07, 6.45) is 19.4. The maximum atomic E-state index is 10.3. The second-order valence-electron chi connectivity index (χ2n) is 4.66. The third kappa shape index (κ3) is 14.9.